The first-order chi connectivity index (χ1) is 13.3. The molecule has 0 radical (unpaired) electrons. The summed E-state index contributed by atoms with van der Waals surface area (Å²) in [5, 5.41) is 6.01. The topological polar surface area (TPSA) is 87.7 Å². The SMILES string of the molecule is Cc1ccc(NC(=O)NCc2cccc(OC3=CC(=O)N(C)C3=O)c2)cc1Cl. The number of urea groups is 1. The van der Waals surface area contributed by atoms with E-state index in [0.717, 1.165) is 22.1 Å². The van der Waals surface area contributed by atoms with E-state index >= 15 is 0 Å². The number of carbonyl (C=O) groups excluding carboxylic acids is 3. The molecule has 0 spiro atoms. The Hall–Kier alpha value is -3.32. The number of ether oxygens (including phenoxy) is 1. The number of hydrogen-bond donors (Lipinski definition) is 2. The summed E-state index contributed by atoms with van der Waals surface area (Å²) in [7, 11) is 1.39. The first-order valence-electron chi connectivity index (χ1n) is 8.45. The molecule has 7 nitrogen and oxygen atoms in total. The van der Waals surface area contributed by atoms with Crippen molar-refractivity contribution in [1.29, 1.82) is 0 Å². The number of aryl methyl sites for hydroxylation is 1. The van der Waals surface area contributed by atoms with Crippen LogP contribution in [0.15, 0.2) is 54.3 Å². The lowest BCUT2D eigenvalue weighted by Gasteiger charge is -2.11. The zero-order valence-electron chi connectivity index (χ0n) is 15.3. The number of imide groups is 1. The molecule has 1 aliphatic heterocycles. The van der Waals surface area contributed by atoms with Gasteiger partial charge in [0.2, 0.25) is 0 Å². The maximum atomic E-state index is 12.1. The summed E-state index contributed by atoms with van der Waals surface area (Å²) in [4.78, 5) is 36.4. The normalized spacial score (nSPS) is 13.4. The van der Waals surface area contributed by atoms with Gasteiger partial charge < -0.3 is 15.4 Å². The van der Waals surface area contributed by atoms with E-state index in [1.54, 1.807) is 36.4 Å². The van der Waals surface area contributed by atoms with Crippen molar-refractivity contribution in [3.05, 3.63) is 70.4 Å². The lowest BCUT2D eigenvalue weighted by Crippen LogP contribution is -2.28. The van der Waals surface area contributed by atoms with Crippen LogP contribution in [0.2, 0.25) is 5.02 Å². The fraction of sp³-hybridized carbons (Fsp3) is 0.150. The maximum absolute atomic E-state index is 12.1. The third kappa shape index (κ3) is 4.50. The van der Waals surface area contributed by atoms with Crippen molar-refractivity contribution in [2.45, 2.75) is 13.5 Å². The van der Waals surface area contributed by atoms with Crippen molar-refractivity contribution in [1.82, 2.24) is 10.2 Å². The highest BCUT2D eigenvalue weighted by Crippen LogP contribution is 2.21. The number of hydrogen-bond acceptors (Lipinski definition) is 4. The summed E-state index contributed by atoms with van der Waals surface area (Å²) < 4.78 is 5.50. The monoisotopic (exact) mass is 399 g/mol. The van der Waals surface area contributed by atoms with E-state index in [0.29, 0.717) is 16.5 Å². The second kappa shape index (κ2) is 8.14. The second-order valence-corrected chi connectivity index (χ2v) is 6.64. The molecule has 0 unspecified atom stereocenters. The molecular formula is C20H18ClN3O4. The molecule has 0 fully saturated rings. The average Bonchev–Trinajstić information content (AvgIpc) is 2.90. The number of nitrogens with zero attached hydrogens (tertiary/aromatic N) is 1. The van der Waals surface area contributed by atoms with Crippen LogP contribution >= 0.6 is 11.6 Å². The molecule has 8 heteroatoms. The molecule has 3 rings (SSSR count). The molecule has 2 N–H and O–H groups in total. The predicted octanol–water partition coefficient (Wildman–Crippen LogP) is 3.23. The van der Waals surface area contributed by atoms with E-state index < -0.39 is 11.8 Å². The third-order valence-electron chi connectivity index (χ3n) is 4.11. The first kappa shape index (κ1) is 19.4. The molecular weight excluding hydrogens is 382 g/mol. The van der Waals surface area contributed by atoms with Crippen LogP contribution in [0, 0.1) is 6.92 Å². The molecule has 0 saturated heterocycles. The van der Waals surface area contributed by atoms with E-state index in [9.17, 15) is 14.4 Å². The summed E-state index contributed by atoms with van der Waals surface area (Å²) in [6.45, 7) is 2.12. The summed E-state index contributed by atoms with van der Waals surface area (Å²) in [5.74, 6) is -0.560. The van der Waals surface area contributed by atoms with Crippen LogP contribution < -0.4 is 15.4 Å². The van der Waals surface area contributed by atoms with E-state index in [1.165, 1.54) is 7.05 Å². The van der Waals surface area contributed by atoms with Crippen LogP contribution in [0.5, 0.6) is 5.75 Å². The highest BCUT2D eigenvalue weighted by atomic mass is 35.5. The van der Waals surface area contributed by atoms with Crippen LogP contribution in [0.1, 0.15) is 11.1 Å². The Morgan fingerprint density at radius 3 is 2.64 bits per heavy atom. The largest absolute Gasteiger partial charge is 0.451 e. The van der Waals surface area contributed by atoms with Gasteiger partial charge in [0.25, 0.3) is 11.8 Å². The minimum absolute atomic E-state index is 0.0356. The molecule has 2 aromatic rings. The maximum Gasteiger partial charge on any atom is 0.319 e. The summed E-state index contributed by atoms with van der Waals surface area (Å²) in [6, 6.07) is 11.8. The van der Waals surface area contributed by atoms with Gasteiger partial charge >= 0.3 is 6.03 Å². The molecule has 0 aromatic heterocycles. The van der Waals surface area contributed by atoms with E-state index in [2.05, 4.69) is 10.6 Å². The minimum atomic E-state index is -0.496. The van der Waals surface area contributed by atoms with E-state index in [1.807, 2.05) is 13.0 Å². The van der Waals surface area contributed by atoms with Crippen molar-refractivity contribution in [3.8, 4) is 5.75 Å². The smallest absolute Gasteiger partial charge is 0.319 e. The fourth-order valence-corrected chi connectivity index (χ4v) is 2.66. The number of nitrogens with one attached hydrogen (secondary N) is 2. The number of anilines is 1. The third-order valence-corrected chi connectivity index (χ3v) is 4.52. The van der Waals surface area contributed by atoms with Crippen LogP contribution in [0.4, 0.5) is 10.5 Å². The number of likely N-dealkylation sites (N-methyl/N-ethyl adjacent to an activating group) is 1. The molecule has 0 aliphatic carbocycles. The van der Waals surface area contributed by atoms with Crippen LogP contribution in [0.3, 0.4) is 0 Å². The van der Waals surface area contributed by atoms with Gasteiger partial charge in [0.1, 0.15) is 5.75 Å². The lowest BCUT2D eigenvalue weighted by atomic mass is 10.2. The Kier molecular flexibility index (Phi) is 5.65. The molecule has 1 aliphatic rings. The standard InChI is InChI=1S/C20H18ClN3O4/c1-12-6-7-14(9-16(12)21)23-20(27)22-11-13-4-3-5-15(8-13)28-17-10-18(25)24(2)19(17)26/h3-10H,11H2,1-2H3,(H2,22,23,27). The lowest BCUT2D eigenvalue weighted by molar-refractivity contribution is -0.136. The van der Waals surface area contributed by atoms with Crippen molar-refractivity contribution >= 4 is 35.1 Å². The Balaban J connectivity index is 1.58. The van der Waals surface area contributed by atoms with Crippen molar-refractivity contribution in [2.24, 2.45) is 0 Å². The summed E-state index contributed by atoms with van der Waals surface area (Å²) in [6.07, 6.45) is 1.15. The quantitative estimate of drug-likeness (QED) is 0.755. The summed E-state index contributed by atoms with van der Waals surface area (Å²) in [5.41, 5.74) is 2.28. The van der Waals surface area contributed by atoms with Gasteiger partial charge in [-0.2, -0.15) is 0 Å². The molecule has 0 saturated carbocycles. The Labute approximate surface area is 166 Å². The van der Waals surface area contributed by atoms with Gasteiger partial charge in [0.15, 0.2) is 5.76 Å². The molecule has 144 valence electrons. The van der Waals surface area contributed by atoms with Gasteiger partial charge in [0.05, 0.1) is 6.08 Å². The van der Waals surface area contributed by atoms with Crippen LogP contribution in [-0.2, 0) is 16.1 Å². The number of rotatable bonds is 5. The van der Waals surface area contributed by atoms with Crippen molar-refractivity contribution in [2.75, 3.05) is 12.4 Å². The predicted molar refractivity (Wildman–Crippen MR) is 105 cm³/mol. The first-order valence-corrected chi connectivity index (χ1v) is 8.83. The van der Waals surface area contributed by atoms with Crippen LogP contribution in [-0.4, -0.2) is 29.8 Å². The summed E-state index contributed by atoms with van der Waals surface area (Å²) >= 11 is 6.05. The number of halogens is 1. The van der Waals surface area contributed by atoms with Gasteiger partial charge in [-0.05, 0) is 42.3 Å². The molecule has 2 aromatic carbocycles. The van der Waals surface area contributed by atoms with Crippen molar-refractivity contribution in [3.63, 3.8) is 0 Å². The second-order valence-electron chi connectivity index (χ2n) is 6.23. The molecule has 1 heterocycles. The Morgan fingerprint density at radius 2 is 1.96 bits per heavy atom. The highest BCUT2D eigenvalue weighted by Gasteiger charge is 2.29. The molecule has 0 bridgehead atoms. The average molecular weight is 400 g/mol. The van der Waals surface area contributed by atoms with Gasteiger partial charge in [-0.3, -0.25) is 14.5 Å². The Bertz CT molecular complexity index is 987. The number of carbonyl (C=O) groups is 3. The fourth-order valence-electron chi connectivity index (χ4n) is 2.48. The highest BCUT2D eigenvalue weighted by molar-refractivity contribution is 6.31. The van der Waals surface area contributed by atoms with Gasteiger partial charge in [-0.15, -0.1) is 0 Å². The Morgan fingerprint density at radius 1 is 1.18 bits per heavy atom. The van der Waals surface area contributed by atoms with Gasteiger partial charge in [-0.25, -0.2) is 4.79 Å². The minimum Gasteiger partial charge on any atom is -0.451 e. The van der Waals surface area contributed by atoms with Gasteiger partial charge in [-0.1, -0.05) is 29.8 Å². The zero-order valence-corrected chi connectivity index (χ0v) is 16.0. The van der Waals surface area contributed by atoms with Gasteiger partial charge in [0, 0.05) is 24.3 Å². The van der Waals surface area contributed by atoms with E-state index in [4.69, 9.17) is 16.3 Å². The molecule has 28 heavy (non-hydrogen) atoms. The zero-order chi connectivity index (χ0) is 20.3. The van der Waals surface area contributed by atoms with Crippen LogP contribution in [0.25, 0.3) is 0 Å². The van der Waals surface area contributed by atoms with E-state index in [-0.39, 0.29) is 18.3 Å². The molecule has 0 atom stereocenters. The molecule has 4 amide bonds. The number of benzene rings is 2. The van der Waals surface area contributed by atoms with Crippen molar-refractivity contribution < 1.29 is 19.1 Å². The number of amides is 4.